The zero-order chi connectivity index (χ0) is 24.4. The van der Waals surface area contributed by atoms with Crippen LogP contribution in [0.3, 0.4) is 0 Å². The van der Waals surface area contributed by atoms with Gasteiger partial charge in [-0.2, -0.15) is 0 Å². The molecule has 0 radical (unpaired) electrons. The van der Waals surface area contributed by atoms with Crippen molar-refractivity contribution in [1.29, 1.82) is 0 Å². The number of nitrogens with zero attached hydrogens (tertiary/aromatic N) is 2. The van der Waals surface area contributed by atoms with E-state index in [1.807, 2.05) is 37.3 Å². The van der Waals surface area contributed by atoms with Crippen LogP contribution in [0.15, 0.2) is 36.4 Å². The van der Waals surface area contributed by atoms with Gasteiger partial charge in [0.25, 0.3) is 0 Å². The lowest BCUT2D eigenvalue weighted by atomic mass is 9.96. The SMILES string of the molecule is CCc1nc(O)c(Cc2cc3cc(OC)ccc3nc2NC(C)C)c2cc(OC)c(OC)cc12.Cl.Cl. The van der Waals surface area contributed by atoms with Gasteiger partial charge >= 0.3 is 0 Å². The Kier molecular flexibility index (Phi) is 9.85. The molecule has 9 heteroatoms. The van der Waals surface area contributed by atoms with Crippen molar-refractivity contribution in [3.8, 4) is 23.1 Å². The van der Waals surface area contributed by atoms with Crippen molar-refractivity contribution in [2.24, 2.45) is 0 Å². The minimum Gasteiger partial charge on any atom is -0.497 e. The molecule has 36 heavy (non-hydrogen) atoms. The van der Waals surface area contributed by atoms with Crippen LogP contribution in [0.25, 0.3) is 21.7 Å². The Labute approximate surface area is 224 Å². The molecule has 0 spiro atoms. The largest absolute Gasteiger partial charge is 0.497 e. The number of benzene rings is 2. The number of halogens is 2. The van der Waals surface area contributed by atoms with E-state index in [4.69, 9.17) is 19.2 Å². The molecule has 0 saturated heterocycles. The lowest BCUT2D eigenvalue weighted by Crippen LogP contribution is -2.13. The fourth-order valence-electron chi connectivity index (χ4n) is 4.24. The average molecular weight is 534 g/mol. The van der Waals surface area contributed by atoms with Crippen LogP contribution in [0.1, 0.15) is 37.6 Å². The molecule has 4 aromatic rings. The zero-order valence-corrected chi connectivity index (χ0v) is 23.0. The maximum Gasteiger partial charge on any atom is 0.215 e. The molecular weight excluding hydrogens is 501 g/mol. The first kappa shape index (κ1) is 29.1. The molecule has 0 amide bonds. The Morgan fingerprint density at radius 3 is 2.14 bits per heavy atom. The van der Waals surface area contributed by atoms with Crippen LogP contribution in [0.2, 0.25) is 0 Å². The fraction of sp³-hybridized carbons (Fsp3) is 0.333. The van der Waals surface area contributed by atoms with E-state index in [2.05, 4.69) is 30.2 Å². The van der Waals surface area contributed by atoms with Crippen molar-refractivity contribution < 1.29 is 19.3 Å². The summed E-state index contributed by atoms with van der Waals surface area (Å²) in [7, 11) is 4.87. The van der Waals surface area contributed by atoms with Gasteiger partial charge in [-0.05, 0) is 67.6 Å². The predicted octanol–water partition coefficient (Wildman–Crippen LogP) is 6.33. The third-order valence-corrected chi connectivity index (χ3v) is 5.90. The molecule has 2 aromatic carbocycles. The van der Waals surface area contributed by atoms with E-state index >= 15 is 0 Å². The number of rotatable bonds is 8. The lowest BCUT2D eigenvalue weighted by molar-refractivity contribution is 0.355. The number of ether oxygens (including phenoxy) is 3. The van der Waals surface area contributed by atoms with Crippen molar-refractivity contribution in [3.05, 3.63) is 53.2 Å². The summed E-state index contributed by atoms with van der Waals surface area (Å²) in [5, 5.41) is 17.2. The summed E-state index contributed by atoms with van der Waals surface area (Å²) in [5.41, 5.74) is 3.34. The summed E-state index contributed by atoms with van der Waals surface area (Å²) < 4.78 is 16.5. The Morgan fingerprint density at radius 1 is 0.889 bits per heavy atom. The van der Waals surface area contributed by atoms with Crippen LogP contribution in [0, 0.1) is 0 Å². The van der Waals surface area contributed by atoms with E-state index < -0.39 is 0 Å². The molecule has 0 saturated carbocycles. The topological polar surface area (TPSA) is 85.7 Å². The number of aromatic nitrogens is 2. The van der Waals surface area contributed by atoms with Gasteiger partial charge in [0.2, 0.25) is 5.88 Å². The Balaban J connectivity index is 0.00000228. The van der Waals surface area contributed by atoms with Gasteiger partial charge in [-0.15, -0.1) is 24.8 Å². The Morgan fingerprint density at radius 2 is 1.56 bits per heavy atom. The summed E-state index contributed by atoms with van der Waals surface area (Å²) in [4.78, 5) is 9.40. The quantitative estimate of drug-likeness (QED) is 0.273. The summed E-state index contributed by atoms with van der Waals surface area (Å²) in [6.07, 6.45) is 1.11. The molecule has 0 unspecified atom stereocenters. The van der Waals surface area contributed by atoms with Crippen molar-refractivity contribution in [3.63, 3.8) is 0 Å². The number of anilines is 1. The molecule has 2 heterocycles. The number of methoxy groups -OCH3 is 3. The molecule has 7 nitrogen and oxygen atoms in total. The van der Waals surface area contributed by atoms with Crippen LogP contribution in [-0.4, -0.2) is 42.4 Å². The molecule has 2 aromatic heterocycles. The average Bonchev–Trinajstić information content (AvgIpc) is 2.84. The van der Waals surface area contributed by atoms with Gasteiger partial charge < -0.3 is 24.6 Å². The Bertz CT molecular complexity index is 1360. The molecule has 0 bridgehead atoms. The van der Waals surface area contributed by atoms with Gasteiger partial charge in [-0.1, -0.05) is 6.92 Å². The summed E-state index contributed by atoms with van der Waals surface area (Å²) in [5.74, 6) is 2.79. The van der Waals surface area contributed by atoms with Gasteiger partial charge in [0.15, 0.2) is 11.5 Å². The molecule has 0 aliphatic rings. The van der Waals surface area contributed by atoms with Gasteiger partial charge in [-0.3, -0.25) is 0 Å². The van der Waals surface area contributed by atoms with Crippen LogP contribution in [0.4, 0.5) is 5.82 Å². The minimum absolute atomic E-state index is 0. The number of aromatic hydroxyl groups is 1. The molecule has 4 rings (SSSR count). The van der Waals surface area contributed by atoms with Crippen LogP contribution >= 0.6 is 24.8 Å². The van der Waals surface area contributed by atoms with E-state index in [1.165, 1.54) is 0 Å². The van der Waals surface area contributed by atoms with Crippen LogP contribution in [-0.2, 0) is 12.8 Å². The number of hydrogen-bond acceptors (Lipinski definition) is 7. The van der Waals surface area contributed by atoms with E-state index in [0.717, 1.165) is 44.5 Å². The standard InChI is InChI=1S/C27H31N3O4.2ClH/c1-7-22-20-14-25(34-6)24(33-5)13-19(20)21(27(31)30-22)12-17-10-16-11-18(32-4)8-9-23(16)29-26(17)28-15(2)3;;/h8-11,13-15H,7,12H2,1-6H3,(H,28,29)(H,30,31);2*1H. The van der Waals surface area contributed by atoms with Crippen molar-refractivity contribution in [1.82, 2.24) is 9.97 Å². The first-order valence-corrected chi connectivity index (χ1v) is 11.4. The van der Waals surface area contributed by atoms with E-state index in [-0.39, 0.29) is 36.7 Å². The smallest absolute Gasteiger partial charge is 0.215 e. The third-order valence-electron chi connectivity index (χ3n) is 5.90. The summed E-state index contributed by atoms with van der Waals surface area (Å²) >= 11 is 0. The highest BCUT2D eigenvalue weighted by molar-refractivity contribution is 5.92. The fourth-order valence-corrected chi connectivity index (χ4v) is 4.24. The zero-order valence-electron chi connectivity index (χ0n) is 21.3. The molecule has 194 valence electrons. The maximum atomic E-state index is 11.0. The van der Waals surface area contributed by atoms with E-state index in [0.29, 0.717) is 29.9 Å². The number of nitrogens with one attached hydrogen (secondary N) is 1. The summed E-state index contributed by atoms with van der Waals surface area (Å²) in [6.45, 7) is 6.17. The van der Waals surface area contributed by atoms with Crippen molar-refractivity contribution in [2.75, 3.05) is 26.6 Å². The predicted molar refractivity (Wildman–Crippen MR) is 150 cm³/mol. The highest BCUT2D eigenvalue weighted by Gasteiger charge is 2.19. The molecule has 2 N–H and O–H groups in total. The number of pyridine rings is 2. The maximum absolute atomic E-state index is 11.0. The highest BCUT2D eigenvalue weighted by atomic mass is 35.5. The minimum atomic E-state index is 0. The normalized spacial score (nSPS) is 10.6. The van der Waals surface area contributed by atoms with Gasteiger partial charge in [-0.25, -0.2) is 9.97 Å². The highest BCUT2D eigenvalue weighted by Crippen LogP contribution is 2.39. The third kappa shape index (κ3) is 5.63. The first-order valence-electron chi connectivity index (χ1n) is 11.4. The van der Waals surface area contributed by atoms with Crippen LogP contribution in [0.5, 0.6) is 23.1 Å². The van der Waals surface area contributed by atoms with E-state index in [1.54, 1.807) is 21.3 Å². The van der Waals surface area contributed by atoms with Crippen LogP contribution < -0.4 is 19.5 Å². The molecule has 0 fully saturated rings. The molecule has 0 aliphatic carbocycles. The summed E-state index contributed by atoms with van der Waals surface area (Å²) in [6, 6.07) is 11.9. The molecule has 0 atom stereocenters. The van der Waals surface area contributed by atoms with E-state index in [9.17, 15) is 5.11 Å². The lowest BCUT2D eigenvalue weighted by Gasteiger charge is -2.18. The second kappa shape index (κ2) is 12.2. The number of aryl methyl sites for hydroxylation is 1. The second-order valence-corrected chi connectivity index (χ2v) is 8.50. The second-order valence-electron chi connectivity index (χ2n) is 8.50. The van der Waals surface area contributed by atoms with Gasteiger partial charge in [0.1, 0.15) is 11.6 Å². The van der Waals surface area contributed by atoms with Crippen molar-refractivity contribution >= 4 is 52.3 Å². The van der Waals surface area contributed by atoms with Gasteiger partial charge in [0.05, 0.1) is 32.5 Å². The first-order chi connectivity index (χ1) is 16.4. The molecular formula is C27H33Cl2N3O4. The van der Waals surface area contributed by atoms with Gasteiger partial charge in [0, 0.05) is 28.8 Å². The number of hydrogen-bond donors (Lipinski definition) is 2. The monoisotopic (exact) mass is 533 g/mol. The number of fused-ring (bicyclic) bond motifs is 2. The van der Waals surface area contributed by atoms with Crippen molar-refractivity contribution in [2.45, 2.75) is 39.7 Å². The Hall–Kier alpha value is -3.16. The molecule has 0 aliphatic heterocycles.